The van der Waals surface area contributed by atoms with Crippen molar-refractivity contribution in [3.05, 3.63) is 41.0 Å². The fourth-order valence-corrected chi connectivity index (χ4v) is 2.89. The minimum Gasteiger partial charge on any atom is -0.379 e. The predicted octanol–water partition coefficient (Wildman–Crippen LogP) is 4.12. The molecule has 1 N–H and O–H groups in total. The van der Waals surface area contributed by atoms with Crippen LogP contribution >= 0.6 is 0 Å². The lowest BCUT2D eigenvalue weighted by Crippen LogP contribution is -2.48. The van der Waals surface area contributed by atoms with Crippen molar-refractivity contribution in [3.63, 3.8) is 0 Å². The summed E-state index contributed by atoms with van der Waals surface area (Å²) in [6, 6.07) is 6.48. The number of rotatable bonds is 2. The third-order valence-electron chi connectivity index (χ3n) is 3.86. The van der Waals surface area contributed by atoms with E-state index in [9.17, 15) is 13.9 Å². The van der Waals surface area contributed by atoms with Crippen LogP contribution in [-0.2, 0) is 5.92 Å². The molecule has 1 nitrogen and oxygen atoms in total. The lowest BCUT2D eigenvalue weighted by Gasteiger charge is -2.41. The first-order valence-electron chi connectivity index (χ1n) is 6.30. The van der Waals surface area contributed by atoms with Crippen LogP contribution in [-0.4, -0.2) is 10.7 Å². The van der Waals surface area contributed by atoms with E-state index < -0.39 is 11.5 Å². The maximum absolute atomic E-state index is 14.4. The summed E-state index contributed by atoms with van der Waals surface area (Å²) >= 11 is 0. The van der Waals surface area contributed by atoms with Crippen molar-refractivity contribution in [2.45, 2.75) is 45.1 Å². The Kier molecular flexibility index (Phi) is 3.06. The molecule has 1 aromatic carbocycles. The Labute approximate surface area is 106 Å². The van der Waals surface area contributed by atoms with Crippen molar-refractivity contribution in [1.82, 2.24) is 0 Å². The van der Waals surface area contributed by atoms with Gasteiger partial charge in [0.15, 0.2) is 5.60 Å². The maximum atomic E-state index is 14.4. The normalized spacial score (nSPS) is 26.1. The zero-order valence-electron chi connectivity index (χ0n) is 10.9. The van der Waals surface area contributed by atoms with E-state index in [-0.39, 0.29) is 5.56 Å². The van der Waals surface area contributed by atoms with E-state index in [1.165, 1.54) is 13.0 Å². The van der Waals surface area contributed by atoms with Crippen LogP contribution in [0.1, 0.15) is 44.7 Å². The van der Waals surface area contributed by atoms with Gasteiger partial charge in [-0.15, -0.1) is 0 Å². The number of allylic oxidation sites excluding steroid dienone is 1. The Bertz CT molecular complexity index is 501. The molecule has 2 rings (SSSR count). The molecule has 0 radical (unpaired) electrons. The van der Waals surface area contributed by atoms with E-state index in [0.29, 0.717) is 24.0 Å². The second kappa shape index (κ2) is 4.16. The first-order valence-corrected chi connectivity index (χ1v) is 6.30. The van der Waals surface area contributed by atoms with Crippen LogP contribution in [0.3, 0.4) is 0 Å². The summed E-state index contributed by atoms with van der Waals surface area (Å²) in [5.41, 5.74) is -0.281. The molecule has 1 aliphatic rings. The fourth-order valence-electron chi connectivity index (χ4n) is 2.89. The molecule has 0 fully saturated rings. The molecular formula is C15H18F2O. The van der Waals surface area contributed by atoms with Crippen molar-refractivity contribution in [2.75, 3.05) is 0 Å². The molecule has 0 saturated carbocycles. The third kappa shape index (κ3) is 1.53. The van der Waals surface area contributed by atoms with Gasteiger partial charge in [-0.05, 0) is 36.5 Å². The first-order chi connectivity index (χ1) is 8.37. The summed E-state index contributed by atoms with van der Waals surface area (Å²) in [5, 5.41) is 10.3. The summed E-state index contributed by atoms with van der Waals surface area (Å²) < 4.78 is 28.9. The molecule has 1 aromatic rings. The number of aliphatic hydroxyl groups is 1. The minimum atomic E-state index is -3.24. The summed E-state index contributed by atoms with van der Waals surface area (Å²) in [6.07, 6.45) is 1.08. The van der Waals surface area contributed by atoms with Crippen molar-refractivity contribution in [1.29, 1.82) is 0 Å². The van der Waals surface area contributed by atoms with Gasteiger partial charge >= 0.3 is 5.92 Å². The minimum absolute atomic E-state index is 0.0657. The molecule has 3 heteroatoms. The SMILES string of the molecule is CCC1=C(CC)C(C)(O)C(F)(F)c2ccccc21. The van der Waals surface area contributed by atoms with Crippen molar-refractivity contribution in [2.24, 2.45) is 0 Å². The average Bonchev–Trinajstić information content (AvgIpc) is 2.34. The molecule has 18 heavy (non-hydrogen) atoms. The zero-order valence-corrected chi connectivity index (χ0v) is 10.9. The van der Waals surface area contributed by atoms with Crippen LogP contribution in [0.2, 0.25) is 0 Å². The second-order valence-corrected chi connectivity index (χ2v) is 4.86. The van der Waals surface area contributed by atoms with Gasteiger partial charge in [-0.1, -0.05) is 38.1 Å². The lowest BCUT2D eigenvalue weighted by molar-refractivity contribution is -0.160. The molecule has 0 saturated heterocycles. The Morgan fingerprint density at radius 1 is 1.11 bits per heavy atom. The van der Waals surface area contributed by atoms with E-state index in [1.54, 1.807) is 18.2 Å². The van der Waals surface area contributed by atoms with Crippen LogP contribution in [0.25, 0.3) is 5.57 Å². The topological polar surface area (TPSA) is 20.2 Å². The molecule has 1 unspecified atom stereocenters. The van der Waals surface area contributed by atoms with Crippen LogP contribution in [0.4, 0.5) is 8.78 Å². The number of benzene rings is 1. The highest BCUT2D eigenvalue weighted by molar-refractivity contribution is 5.76. The average molecular weight is 252 g/mol. The van der Waals surface area contributed by atoms with Crippen LogP contribution in [0.5, 0.6) is 0 Å². The highest BCUT2D eigenvalue weighted by atomic mass is 19.3. The molecule has 0 bridgehead atoms. The van der Waals surface area contributed by atoms with E-state index in [1.807, 2.05) is 13.8 Å². The molecule has 0 aromatic heterocycles. The second-order valence-electron chi connectivity index (χ2n) is 4.86. The predicted molar refractivity (Wildman–Crippen MR) is 68.5 cm³/mol. The Morgan fingerprint density at radius 3 is 2.28 bits per heavy atom. The first kappa shape index (κ1) is 13.2. The molecule has 1 aliphatic carbocycles. The molecule has 0 aliphatic heterocycles. The number of alkyl halides is 2. The van der Waals surface area contributed by atoms with Crippen molar-refractivity contribution in [3.8, 4) is 0 Å². The maximum Gasteiger partial charge on any atom is 0.305 e. The van der Waals surface area contributed by atoms with Gasteiger partial charge < -0.3 is 5.11 Å². The number of fused-ring (bicyclic) bond motifs is 1. The fraction of sp³-hybridized carbons (Fsp3) is 0.467. The van der Waals surface area contributed by atoms with Gasteiger partial charge in [-0.3, -0.25) is 0 Å². The quantitative estimate of drug-likeness (QED) is 0.839. The van der Waals surface area contributed by atoms with Gasteiger partial charge in [0.25, 0.3) is 0 Å². The summed E-state index contributed by atoms with van der Waals surface area (Å²) in [4.78, 5) is 0. The smallest absolute Gasteiger partial charge is 0.305 e. The van der Waals surface area contributed by atoms with Crippen molar-refractivity contribution < 1.29 is 13.9 Å². The van der Waals surface area contributed by atoms with Gasteiger partial charge in [-0.2, -0.15) is 8.78 Å². The van der Waals surface area contributed by atoms with Crippen LogP contribution < -0.4 is 0 Å². The van der Waals surface area contributed by atoms with Crippen molar-refractivity contribution >= 4 is 5.57 Å². The molecule has 98 valence electrons. The van der Waals surface area contributed by atoms with E-state index in [0.717, 1.165) is 5.57 Å². The standard InChI is InChI=1S/C15H18F2O/c1-4-10-11-8-6-7-9-13(11)15(16,17)14(3,18)12(10)5-2/h6-9,18H,4-5H2,1-3H3. The summed E-state index contributed by atoms with van der Waals surface area (Å²) in [6.45, 7) is 4.96. The molecule has 0 heterocycles. The molecule has 1 atom stereocenters. The highest BCUT2D eigenvalue weighted by Crippen LogP contribution is 2.52. The third-order valence-corrected chi connectivity index (χ3v) is 3.86. The summed E-state index contributed by atoms with van der Waals surface area (Å²) in [7, 11) is 0. The van der Waals surface area contributed by atoms with E-state index in [2.05, 4.69) is 0 Å². The largest absolute Gasteiger partial charge is 0.379 e. The van der Waals surface area contributed by atoms with Crippen LogP contribution in [0, 0.1) is 0 Å². The van der Waals surface area contributed by atoms with Gasteiger partial charge in [0.2, 0.25) is 0 Å². The monoisotopic (exact) mass is 252 g/mol. The Hall–Kier alpha value is -1.22. The number of hydrogen-bond acceptors (Lipinski definition) is 1. The number of halogens is 2. The molecular weight excluding hydrogens is 234 g/mol. The van der Waals surface area contributed by atoms with Gasteiger partial charge in [0.1, 0.15) is 0 Å². The summed E-state index contributed by atoms with van der Waals surface area (Å²) in [5.74, 6) is -3.24. The number of hydrogen-bond donors (Lipinski definition) is 1. The van der Waals surface area contributed by atoms with Gasteiger partial charge in [0.05, 0.1) is 0 Å². The highest BCUT2D eigenvalue weighted by Gasteiger charge is 2.56. The van der Waals surface area contributed by atoms with Gasteiger partial charge in [0, 0.05) is 5.56 Å². The Morgan fingerprint density at radius 2 is 1.72 bits per heavy atom. The Balaban J connectivity index is 2.82. The van der Waals surface area contributed by atoms with E-state index in [4.69, 9.17) is 0 Å². The van der Waals surface area contributed by atoms with Gasteiger partial charge in [-0.25, -0.2) is 0 Å². The molecule has 0 amide bonds. The van der Waals surface area contributed by atoms with E-state index >= 15 is 0 Å². The zero-order chi connectivity index (χ0) is 13.6. The molecule has 0 spiro atoms. The van der Waals surface area contributed by atoms with Crippen LogP contribution in [0.15, 0.2) is 29.8 Å². The lowest BCUT2D eigenvalue weighted by atomic mass is 9.72.